The molecule has 7 aromatic rings. The first kappa shape index (κ1) is 35.8. The molecular formula is C46H49BrO2Si2. The van der Waals surface area contributed by atoms with E-state index in [0.717, 1.165) is 17.3 Å². The fraction of sp³-hybridized carbons (Fsp3) is 0.261. The van der Waals surface area contributed by atoms with Gasteiger partial charge in [-0.25, -0.2) is 0 Å². The number of hydrogen-bond donors (Lipinski definition) is 2. The van der Waals surface area contributed by atoms with E-state index in [1.165, 1.54) is 76.5 Å². The zero-order chi connectivity index (χ0) is 36.5. The third-order valence-electron chi connectivity index (χ3n) is 12.1. The maximum absolute atomic E-state index is 11.2. The zero-order valence-electron chi connectivity index (χ0n) is 31.2. The van der Waals surface area contributed by atoms with Crippen LogP contribution in [0.15, 0.2) is 120 Å². The Morgan fingerprint density at radius 2 is 0.804 bits per heavy atom. The van der Waals surface area contributed by atoms with Crippen molar-refractivity contribution in [1.82, 2.24) is 0 Å². The van der Waals surface area contributed by atoms with Crippen LogP contribution in [0.3, 0.4) is 0 Å². The number of hydrogen-bond acceptors (Lipinski definition) is 2. The molecule has 0 fully saturated rings. The van der Waals surface area contributed by atoms with Crippen LogP contribution < -0.4 is 0 Å². The topological polar surface area (TPSA) is 40.5 Å². The van der Waals surface area contributed by atoms with Gasteiger partial charge in [-0.2, -0.15) is 0 Å². The van der Waals surface area contributed by atoms with Gasteiger partial charge in [-0.3, -0.25) is 0 Å². The zero-order valence-corrected chi connectivity index (χ0v) is 34.7. The summed E-state index contributed by atoms with van der Waals surface area (Å²) in [6.45, 7) is 17.1. The van der Waals surface area contributed by atoms with E-state index >= 15 is 0 Å². The van der Waals surface area contributed by atoms with E-state index in [9.17, 15) is 9.59 Å². The summed E-state index contributed by atoms with van der Waals surface area (Å²) in [7, 11) is -4.82. The van der Waals surface area contributed by atoms with E-state index in [4.69, 9.17) is 0 Å². The molecular weight excluding hydrogens is 721 g/mol. The molecule has 2 N–H and O–H groups in total. The van der Waals surface area contributed by atoms with Crippen LogP contribution in [0.2, 0.25) is 36.3 Å². The molecule has 0 unspecified atom stereocenters. The lowest BCUT2D eigenvalue weighted by atomic mass is 9.82. The summed E-state index contributed by atoms with van der Waals surface area (Å²) in [6.07, 6.45) is 1.66. The van der Waals surface area contributed by atoms with Crippen LogP contribution in [0, 0.1) is 0 Å². The van der Waals surface area contributed by atoms with Crippen LogP contribution in [0.4, 0.5) is 0 Å². The molecule has 0 heterocycles. The summed E-state index contributed by atoms with van der Waals surface area (Å²) in [5.41, 5.74) is 7.49. The van der Waals surface area contributed by atoms with Crippen molar-refractivity contribution < 1.29 is 9.59 Å². The van der Waals surface area contributed by atoms with Gasteiger partial charge in [0.25, 0.3) is 0 Å². The Morgan fingerprint density at radius 3 is 1.22 bits per heavy atom. The quantitative estimate of drug-likeness (QED) is 0.119. The Morgan fingerprint density at radius 1 is 0.451 bits per heavy atom. The maximum Gasteiger partial charge on any atom is 0.188 e. The van der Waals surface area contributed by atoms with Crippen molar-refractivity contribution in [2.24, 2.45) is 0 Å². The van der Waals surface area contributed by atoms with Crippen molar-refractivity contribution in [3.8, 4) is 22.3 Å². The van der Waals surface area contributed by atoms with E-state index in [1.54, 1.807) is 0 Å². The molecule has 51 heavy (non-hydrogen) atoms. The van der Waals surface area contributed by atoms with E-state index < -0.39 is 16.6 Å². The highest BCUT2D eigenvalue weighted by Crippen LogP contribution is 2.49. The molecule has 7 aromatic carbocycles. The van der Waals surface area contributed by atoms with Gasteiger partial charge < -0.3 is 9.59 Å². The first-order valence-corrected chi connectivity index (χ1v) is 24.8. The summed E-state index contributed by atoms with van der Waals surface area (Å²) in [4.78, 5) is 22.4. The Bertz CT molecular complexity index is 2470. The monoisotopic (exact) mass is 768 g/mol. The molecule has 0 aliphatic rings. The predicted molar refractivity (Wildman–Crippen MR) is 230 cm³/mol. The van der Waals surface area contributed by atoms with Crippen molar-refractivity contribution in [2.45, 2.75) is 76.8 Å². The lowest BCUT2D eigenvalue weighted by molar-refractivity contribution is 0.468. The minimum absolute atomic E-state index is 0.172. The summed E-state index contributed by atoms with van der Waals surface area (Å²) in [5.74, 6) is 0. The highest BCUT2D eigenvalue weighted by atomic mass is 79.9. The molecule has 260 valence electrons. The molecule has 0 aliphatic carbocycles. The van der Waals surface area contributed by atoms with Gasteiger partial charge in [0.05, 0.1) is 0 Å². The molecule has 0 atom stereocenters. The smallest absolute Gasteiger partial charge is 0.188 e. The third-order valence-corrected chi connectivity index (χ3v) is 19.6. The standard InChI is InChI=1S/C46H49BrO2Si2/c1-45(2,50(5,6)48)28-30-21-24-39(35-17-11-9-15-33(30)35)43-37-19-13-14-20-38(37)44(42-27-32(47)23-26-41(42)43)40-25-22-31(29-46(3,4)51(7,8)49)34-16-10-12-18-36(34)40/h9-27,48-49H,28-29H2,1-8H3. The highest BCUT2D eigenvalue weighted by molar-refractivity contribution is 9.10. The van der Waals surface area contributed by atoms with Gasteiger partial charge in [0.2, 0.25) is 0 Å². The van der Waals surface area contributed by atoms with Crippen LogP contribution >= 0.6 is 15.9 Å². The second kappa shape index (κ2) is 12.8. The molecule has 0 spiro atoms. The molecule has 0 amide bonds. The summed E-state index contributed by atoms with van der Waals surface area (Å²) < 4.78 is 1.05. The van der Waals surface area contributed by atoms with E-state index in [-0.39, 0.29) is 10.1 Å². The minimum Gasteiger partial charge on any atom is -0.432 e. The Kier molecular flexibility index (Phi) is 9.00. The minimum atomic E-state index is -2.41. The fourth-order valence-corrected chi connectivity index (χ4v) is 9.19. The first-order valence-electron chi connectivity index (χ1n) is 18.1. The maximum atomic E-state index is 11.2. The lowest BCUT2D eigenvalue weighted by Crippen LogP contribution is -2.40. The molecule has 0 aliphatic heterocycles. The Hall–Kier alpha value is -3.59. The molecule has 0 saturated carbocycles. The van der Waals surface area contributed by atoms with Gasteiger partial charge in [-0.05, 0) is 138 Å². The molecule has 0 saturated heterocycles. The van der Waals surface area contributed by atoms with Crippen LogP contribution in [0.1, 0.15) is 38.8 Å². The van der Waals surface area contributed by atoms with Crippen molar-refractivity contribution in [3.05, 3.63) is 131 Å². The van der Waals surface area contributed by atoms with Crippen molar-refractivity contribution in [3.63, 3.8) is 0 Å². The van der Waals surface area contributed by atoms with E-state index in [1.807, 2.05) is 0 Å². The van der Waals surface area contributed by atoms with Crippen LogP contribution in [0.5, 0.6) is 0 Å². The van der Waals surface area contributed by atoms with Crippen molar-refractivity contribution >= 4 is 75.7 Å². The number of benzene rings is 7. The van der Waals surface area contributed by atoms with E-state index in [2.05, 4.69) is 185 Å². The van der Waals surface area contributed by atoms with Gasteiger partial charge in [0.1, 0.15) is 0 Å². The molecule has 0 radical (unpaired) electrons. The van der Waals surface area contributed by atoms with Crippen LogP contribution in [0.25, 0.3) is 65.3 Å². The normalized spacial score (nSPS) is 13.2. The molecule has 5 heteroatoms. The predicted octanol–water partition coefficient (Wildman–Crippen LogP) is 13.4. The van der Waals surface area contributed by atoms with Crippen LogP contribution in [-0.2, 0) is 12.8 Å². The lowest BCUT2D eigenvalue weighted by Gasteiger charge is -2.35. The number of fused-ring (bicyclic) bond motifs is 4. The number of halogens is 1. The van der Waals surface area contributed by atoms with Gasteiger partial charge in [0, 0.05) is 4.47 Å². The summed E-state index contributed by atoms with van der Waals surface area (Å²) in [5, 5.41) is 9.50. The average Bonchev–Trinajstić information content (AvgIpc) is 3.07. The highest BCUT2D eigenvalue weighted by Gasteiger charge is 2.39. The third kappa shape index (κ3) is 6.31. The SMILES string of the molecule is CC(C)(Cc1ccc(-c2c3ccccc3c(-c3ccc(CC(C)(C)[Si](C)(C)O)c4ccccc34)c3cc(Br)ccc23)c2ccccc12)[Si](C)(C)O. The first-order chi connectivity index (χ1) is 24.0. The fourth-order valence-electron chi connectivity index (χ4n) is 7.58. The Labute approximate surface area is 313 Å². The van der Waals surface area contributed by atoms with Gasteiger partial charge in [-0.1, -0.05) is 147 Å². The molecule has 7 rings (SSSR count). The van der Waals surface area contributed by atoms with Gasteiger partial charge in [0.15, 0.2) is 16.6 Å². The number of rotatable bonds is 8. The summed E-state index contributed by atoms with van der Waals surface area (Å²) in [6, 6.07) is 42.5. The van der Waals surface area contributed by atoms with Crippen molar-refractivity contribution in [1.29, 1.82) is 0 Å². The van der Waals surface area contributed by atoms with Gasteiger partial charge >= 0.3 is 0 Å². The second-order valence-electron chi connectivity index (χ2n) is 16.9. The molecule has 0 aromatic heterocycles. The average molecular weight is 770 g/mol. The largest absolute Gasteiger partial charge is 0.432 e. The van der Waals surface area contributed by atoms with Crippen LogP contribution in [-0.4, -0.2) is 26.2 Å². The summed E-state index contributed by atoms with van der Waals surface area (Å²) >= 11 is 3.85. The van der Waals surface area contributed by atoms with Crippen molar-refractivity contribution in [2.75, 3.05) is 0 Å². The molecule has 2 nitrogen and oxygen atoms in total. The second-order valence-corrected chi connectivity index (χ2v) is 26.7. The van der Waals surface area contributed by atoms with E-state index in [0.29, 0.717) is 0 Å². The molecule has 0 bridgehead atoms. The Balaban J connectivity index is 1.52. The van der Waals surface area contributed by atoms with Gasteiger partial charge in [-0.15, -0.1) is 0 Å².